The predicted octanol–water partition coefficient (Wildman–Crippen LogP) is 1.75. The Balaban J connectivity index is 1.96. The van der Waals surface area contributed by atoms with Crippen molar-refractivity contribution in [3.05, 3.63) is 54.6 Å². The molecule has 0 spiro atoms. The number of hydrogen-bond acceptors (Lipinski definition) is 5. The average Bonchev–Trinajstić information content (AvgIpc) is 2.81. The molecule has 0 bridgehead atoms. The van der Waals surface area contributed by atoms with Gasteiger partial charge in [-0.25, -0.2) is 8.42 Å². The summed E-state index contributed by atoms with van der Waals surface area (Å²) < 4.78 is 23.9. The Morgan fingerprint density at radius 3 is 2.44 bits per heavy atom. The highest BCUT2D eigenvalue weighted by Gasteiger charge is 2.41. The van der Waals surface area contributed by atoms with Crippen LogP contribution in [0.5, 0.6) is 5.75 Å². The van der Waals surface area contributed by atoms with E-state index in [1.807, 2.05) is 30.3 Å². The van der Waals surface area contributed by atoms with E-state index in [-0.39, 0.29) is 22.4 Å². The lowest BCUT2D eigenvalue weighted by Crippen LogP contribution is -2.48. The highest BCUT2D eigenvalue weighted by molar-refractivity contribution is 7.91. The van der Waals surface area contributed by atoms with Crippen LogP contribution < -0.4 is 10.2 Å². The van der Waals surface area contributed by atoms with Gasteiger partial charge in [-0.3, -0.25) is 0 Å². The molecule has 0 unspecified atom stereocenters. The minimum Gasteiger partial charge on any atom is -0.508 e. The smallest absolute Gasteiger partial charge is 0.178 e. The van der Waals surface area contributed by atoms with Crippen LogP contribution in [-0.2, 0) is 9.84 Å². The normalized spacial score (nSPS) is 21.6. The number of nitrogens with zero attached hydrogens (tertiary/aromatic N) is 1. The molecule has 0 aromatic heterocycles. The minimum atomic E-state index is -3.36. The number of phenols is 1. The number of phenolic OH excluding ortho intramolecular Hbond substituents is 1. The van der Waals surface area contributed by atoms with Crippen LogP contribution in [0.3, 0.4) is 0 Å². The summed E-state index contributed by atoms with van der Waals surface area (Å²) in [5.74, 6) is -0.484. The van der Waals surface area contributed by atoms with Gasteiger partial charge in [0, 0.05) is 17.4 Å². The number of aromatic hydroxyl groups is 1. The van der Waals surface area contributed by atoms with Crippen LogP contribution in [0.25, 0.3) is 0 Å². The first-order chi connectivity index (χ1) is 11.9. The largest absolute Gasteiger partial charge is 0.508 e. The molecule has 3 N–H and O–H groups in total. The molecule has 1 fully saturated rings. The molecule has 1 aliphatic heterocycles. The van der Waals surface area contributed by atoms with Crippen molar-refractivity contribution < 1.29 is 18.6 Å². The third-order valence-electron chi connectivity index (χ3n) is 3.98. The van der Waals surface area contributed by atoms with Crippen LogP contribution in [0.15, 0.2) is 54.6 Å². The Bertz CT molecular complexity index is 871. The second-order valence-corrected chi connectivity index (χ2v) is 8.44. The summed E-state index contributed by atoms with van der Waals surface area (Å²) in [6.45, 7) is 0. The molecule has 0 radical (unpaired) electrons. The molecular formula is C17H18N2O4S2. The molecular weight excluding hydrogens is 360 g/mol. The van der Waals surface area contributed by atoms with Gasteiger partial charge in [0.1, 0.15) is 5.75 Å². The second-order valence-electron chi connectivity index (χ2n) is 5.90. The maximum Gasteiger partial charge on any atom is 0.178 e. The average molecular weight is 378 g/mol. The molecule has 2 atom stereocenters. The summed E-state index contributed by atoms with van der Waals surface area (Å²) in [7, 11) is -3.36. The van der Waals surface area contributed by atoms with E-state index < -0.39 is 22.0 Å². The molecule has 2 aromatic carbocycles. The number of para-hydroxylation sites is 1. The summed E-state index contributed by atoms with van der Waals surface area (Å²) in [4.78, 5) is 1.55. The lowest BCUT2D eigenvalue weighted by Gasteiger charge is -2.32. The Morgan fingerprint density at radius 1 is 1.12 bits per heavy atom. The summed E-state index contributed by atoms with van der Waals surface area (Å²) in [5, 5.41) is 23.3. The van der Waals surface area contributed by atoms with Gasteiger partial charge < -0.3 is 20.4 Å². The summed E-state index contributed by atoms with van der Waals surface area (Å²) in [6, 6.07) is 14.8. The first-order valence-electron chi connectivity index (χ1n) is 7.68. The Hall–Kier alpha value is -2.16. The van der Waals surface area contributed by atoms with Gasteiger partial charge in [-0.15, -0.1) is 0 Å². The number of benzene rings is 2. The van der Waals surface area contributed by atoms with Crippen LogP contribution in [-0.4, -0.2) is 47.4 Å². The molecule has 25 heavy (non-hydrogen) atoms. The molecule has 6 nitrogen and oxygen atoms in total. The number of aliphatic hydroxyl groups is 1. The lowest BCUT2D eigenvalue weighted by atomic mass is 10.1. The maximum atomic E-state index is 11.9. The van der Waals surface area contributed by atoms with E-state index in [9.17, 15) is 18.6 Å². The molecule has 3 rings (SSSR count). The van der Waals surface area contributed by atoms with E-state index in [0.717, 1.165) is 5.69 Å². The van der Waals surface area contributed by atoms with Crippen LogP contribution >= 0.6 is 12.2 Å². The van der Waals surface area contributed by atoms with Gasteiger partial charge >= 0.3 is 0 Å². The number of aliphatic hydroxyl groups excluding tert-OH is 1. The van der Waals surface area contributed by atoms with Gasteiger partial charge in [0.2, 0.25) is 0 Å². The number of anilines is 2. The van der Waals surface area contributed by atoms with Gasteiger partial charge in [-0.1, -0.05) is 24.3 Å². The Labute approximate surface area is 151 Å². The van der Waals surface area contributed by atoms with Crippen LogP contribution in [0.2, 0.25) is 0 Å². The number of sulfone groups is 1. The van der Waals surface area contributed by atoms with Crippen LogP contribution in [0.4, 0.5) is 11.4 Å². The molecule has 1 saturated heterocycles. The fraction of sp³-hybridized carbons (Fsp3) is 0.235. The molecule has 0 saturated carbocycles. The third kappa shape index (κ3) is 4.09. The lowest BCUT2D eigenvalue weighted by molar-refractivity contribution is 0.184. The molecule has 1 aliphatic rings. The van der Waals surface area contributed by atoms with E-state index in [0.29, 0.717) is 5.69 Å². The van der Waals surface area contributed by atoms with Crippen molar-refractivity contribution in [1.82, 2.24) is 0 Å². The SMILES string of the molecule is O=S1(=O)C[C@@H](O)[C@H](N(C(=S)Nc2ccccc2)c2cccc(O)c2)C1. The van der Waals surface area contributed by atoms with Crippen molar-refractivity contribution in [2.45, 2.75) is 12.1 Å². The molecule has 0 amide bonds. The van der Waals surface area contributed by atoms with Gasteiger partial charge in [0.15, 0.2) is 14.9 Å². The number of thiocarbonyl (C=S) groups is 1. The monoisotopic (exact) mass is 378 g/mol. The topological polar surface area (TPSA) is 89.9 Å². The highest BCUT2D eigenvalue weighted by atomic mass is 32.2. The first-order valence-corrected chi connectivity index (χ1v) is 9.91. The van der Waals surface area contributed by atoms with Crippen molar-refractivity contribution in [2.24, 2.45) is 0 Å². The molecule has 0 aliphatic carbocycles. The van der Waals surface area contributed by atoms with E-state index in [1.165, 1.54) is 12.1 Å². The zero-order chi connectivity index (χ0) is 18.0. The Morgan fingerprint density at radius 2 is 1.84 bits per heavy atom. The number of hydrogen-bond donors (Lipinski definition) is 3. The van der Waals surface area contributed by atoms with E-state index >= 15 is 0 Å². The molecule has 8 heteroatoms. The molecule has 132 valence electrons. The van der Waals surface area contributed by atoms with Crippen molar-refractivity contribution in [1.29, 1.82) is 0 Å². The van der Waals surface area contributed by atoms with Crippen molar-refractivity contribution in [3.8, 4) is 5.75 Å². The third-order valence-corrected chi connectivity index (χ3v) is 5.97. The van der Waals surface area contributed by atoms with Crippen LogP contribution in [0.1, 0.15) is 0 Å². The number of nitrogens with one attached hydrogen (secondary N) is 1. The van der Waals surface area contributed by atoms with E-state index in [2.05, 4.69) is 5.32 Å². The van der Waals surface area contributed by atoms with E-state index in [1.54, 1.807) is 17.0 Å². The Kier molecular flexibility index (Phi) is 4.94. The van der Waals surface area contributed by atoms with Gasteiger partial charge in [0.05, 0.1) is 23.7 Å². The zero-order valence-electron chi connectivity index (χ0n) is 13.2. The summed E-state index contributed by atoms with van der Waals surface area (Å²) in [5.41, 5.74) is 1.25. The standard InChI is InChI=1S/C17H18N2O4S2/c20-14-8-4-7-13(9-14)19(15-10-25(22,23)11-16(15)21)17(24)18-12-5-2-1-3-6-12/h1-9,15-16,20-21H,10-11H2,(H,18,24)/t15-,16-/m1/s1. The quantitative estimate of drug-likeness (QED) is 0.701. The minimum absolute atomic E-state index is 0.0281. The van der Waals surface area contributed by atoms with Crippen molar-refractivity contribution >= 4 is 38.5 Å². The highest BCUT2D eigenvalue weighted by Crippen LogP contribution is 2.28. The van der Waals surface area contributed by atoms with Crippen molar-refractivity contribution in [3.63, 3.8) is 0 Å². The number of rotatable bonds is 3. The van der Waals surface area contributed by atoms with Crippen LogP contribution in [0, 0.1) is 0 Å². The van der Waals surface area contributed by atoms with Crippen molar-refractivity contribution in [2.75, 3.05) is 21.7 Å². The zero-order valence-corrected chi connectivity index (χ0v) is 14.9. The maximum absolute atomic E-state index is 11.9. The van der Waals surface area contributed by atoms with E-state index in [4.69, 9.17) is 12.2 Å². The van der Waals surface area contributed by atoms with Gasteiger partial charge in [-0.05, 0) is 36.5 Å². The summed E-state index contributed by atoms with van der Waals surface area (Å²) >= 11 is 5.47. The summed E-state index contributed by atoms with van der Waals surface area (Å²) in [6.07, 6.45) is -1.07. The molecule has 2 aromatic rings. The van der Waals surface area contributed by atoms with Gasteiger partial charge in [0.25, 0.3) is 0 Å². The van der Waals surface area contributed by atoms with Gasteiger partial charge in [-0.2, -0.15) is 0 Å². The molecule has 1 heterocycles. The fourth-order valence-electron chi connectivity index (χ4n) is 2.86. The fourth-order valence-corrected chi connectivity index (χ4v) is 4.99. The predicted molar refractivity (Wildman–Crippen MR) is 102 cm³/mol. The second kappa shape index (κ2) is 6.99. The first kappa shape index (κ1) is 17.7.